The molecule has 4 rings (SSSR count). The van der Waals surface area contributed by atoms with Gasteiger partial charge in [-0.15, -0.1) is 0 Å². The number of nitrogens with zero attached hydrogens (tertiary/aromatic N) is 3. The van der Waals surface area contributed by atoms with Gasteiger partial charge in [0.1, 0.15) is 0 Å². The van der Waals surface area contributed by atoms with E-state index < -0.39 is 12.1 Å². The van der Waals surface area contributed by atoms with Gasteiger partial charge in [0.25, 0.3) is 5.91 Å². The summed E-state index contributed by atoms with van der Waals surface area (Å²) in [6.45, 7) is 2.31. The maximum atomic E-state index is 12.1. The second-order valence-electron chi connectivity index (χ2n) is 7.56. The van der Waals surface area contributed by atoms with E-state index in [1.54, 1.807) is 12.4 Å². The number of carboxylic acids is 1. The number of hydrogen-bond acceptors (Lipinski definition) is 7. The summed E-state index contributed by atoms with van der Waals surface area (Å²) in [6, 6.07) is 3.68. The van der Waals surface area contributed by atoms with Crippen molar-refractivity contribution in [3.63, 3.8) is 0 Å². The van der Waals surface area contributed by atoms with Crippen molar-refractivity contribution in [2.75, 3.05) is 24.5 Å². The Labute approximate surface area is 186 Å². The minimum absolute atomic E-state index is 0.0183. The highest BCUT2D eigenvalue weighted by atomic mass is 32.1. The number of aliphatic carboxylic acids is 1. The molecule has 2 aliphatic heterocycles. The van der Waals surface area contributed by atoms with Crippen molar-refractivity contribution in [3.05, 3.63) is 40.8 Å². The molecule has 1 amide bonds. The Bertz CT molecular complexity index is 898. The first kappa shape index (κ1) is 23.9. The highest BCUT2D eigenvalue weighted by Gasteiger charge is 2.43. The van der Waals surface area contributed by atoms with E-state index in [4.69, 9.17) is 14.6 Å². The molecule has 0 radical (unpaired) electrons. The van der Waals surface area contributed by atoms with E-state index in [2.05, 4.69) is 20.2 Å². The van der Waals surface area contributed by atoms with Crippen LogP contribution in [0.1, 0.15) is 36.0 Å². The zero-order valence-corrected chi connectivity index (χ0v) is 17.9. The second kappa shape index (κ2) is 10.3. The summed E-state index contributed by atoms with van der Waals surface area (Å²) in [6.07, 6.45) is 2.71. The van der Waals surface area contributed by atoms with E-state index in [-0.39, 0.29) is 17.6 Å². The van der Waals surface area contributed by atoms with E-state index in [0.717, 1.165) is 50.3 Å². The minimum Gasteiger partial charge on any atom is -0.475 e. The molecule has 174 valence electrons. The number of halogens is 3. The van der Waals surface area contributed by atoms with Crippen molar-refractivity contribution >= 4 is 29.2 Å². The van der Waals surface area contributed by atoms with Crippen LogP contribution in [0.5, 0.6) is 0 Å². The molecule has 8 nitrogen and oxygen atoms in total. The average Bonchev–Trinajstić information content (AvgIpc) is 3.44. The fourth-order valence-corrected chi connectivity index (χ4v) is 4.38. The number of hydrogen-bond donors (Lipinski definition) is 2. The molecule has 4 heterocycles. The molecule has 0 unspecified atom stereocenters. The molecule has 2 fully saturated rings. The largest absolute Gasteiger partial charge is 0.490 e. The maximum Gasteiger partial charge on any atom is 0.490 e. The molecule has 12 heteroatoms. The summed E-state index contributed by atoms with van der Waals surface area (Å²) in [5.41, 5.74) is 0.596. The van der Waals surface area contributed by atoms with E-state index in [1.807, 2.05) is 22.9 Å². The molecule has 2 saturated heterocycles. The number of anilines is 1. The van der Waals surface area contributed by atoms with Gasteiger partial charge in [0, 0.05) is 43.0 Å². The fraction of sp³-hybridized carbons (Fsp3) is 0.500. The van der Waals surface area contributed by atoms with Crippen LogP contribution in [0.3, 0.4) is 0 Å². The Balaban J connectivity index is 0.000000360. The van der Waals surface area contributed by atoms with Gasteiger partial charge in [-0.25, -0.2) is 14.8 Å². The first-order valence-corrected chi connectivity index (χ1v) is 10.9. The number of carboxylic acid groups (broad SMARTS) is 1. The lowest BCUT2D eigenvalue weighted by atomic mass is 9.90. The quantitative estimate of drug-likeness (QED) is 0.705. The first-order chi connectivity index (χ1) is 15.2. The van der Waals surface area contributed by atoms with Crippen molar-refractivity contribution in [1.82, 2.24) is 15.3 Å². The lowest BCUT2D eigenvalue weighted by Crippen LogP contribution is -2.47. The van der Waals surface area contributed by atoms with Crippen molar-refractivity contribution in [2.24, 2.45) is 0 Å². The van der Waals surface area contributed by atoms with Gasteiger partial charge in [0.2, 0.25) is 5.95 Å². The molecule has 1 spiro atoms. The summed E-state index contributed by atoms with van der Waals surface area (Å²) in [4.78, 5) is 31.9. The highest BCUT2D eigenvalue weighted by molar-refractivity contribution is 7.08. The van der Waals surface area contributed by atoms with E-state index >= 15 is 0 Å². The lowest BCUT2D eigenvalue weighted by Gasteiger charge is -2.38. The summed E-state index contributed by atoms with van der Waals surface area (Å²) >= 11 is 1.53. The van der Waals surface area contributed by atoms with Crippen LogP contribution in [-0.4, -0.2) is 64.5 Å². The van der Waals surface area contributed by atoms with Gasteiger partial charge in [-0.05, 0) is 43.2 Å². The van der Waals surface area contributed by atoms with Crippen LogP contribution in [-0.2, 0) is 9.53 Å². The van der Waals surface area contributed by atoms with Gasteiger partial charge in [0.05, 0.1) is 11.7 Å². The van der Waals surface area contributed by atoms with Crippen LogP contribution in [0.2, 0.25) is 0 Å². The Morgan fingerprint density at radius 1 is 1.31 bits per heavy atom. The molecule has 32 heavy (non-hydrogen) atoms. The second-order valence-corrected chi connectivity index (χ2v) is 8.34. The fourth-order valence-electron chi connectivity index (χ4n) is 3.74. The zero-order valence-electron chi connectivity index (χ0n) is 17.0. The van der Waals surface area contributed by atoms with Crippen LogP contribution in [0, 0.1) is 0 Å². The predicted octanol–water partition coefficient (Wildman–Crippen LogP) is 3.12. The standard InChI is InChI=1S/C18H22N4O2S.C2HF3O2/c23-16(14-4-10-25-12-14)21-11-15-3-1-5-18(24-15)6-9-22(13-18)17-19-7-2-8-20-17;3-2(4,5)1(6)7/h2,4,7-8,10,12,15H,1,3,5-6,9,11,13H2,(H,21,23);(H,6,7)/t15-,18-;/m1./s1. The Kier molecular flexibility index (Phi) is 7.67. The molecule has 2 aromatic rings. The van der Waals surface area contributed by atoms with Gasteiger partial charge in [-0.2, -0.15) is 24.5 Å². The van der Waals surface area contributed by atoms with Gasteiger partial charge in [-0.1, -0.05) is 0 Å². The number of carbonyl (C=O) groups excluding carboxylic acids is 1. The molecule has 2 N–H and O–H groups in total. The summed E-state index contributed by atoms with van der Waals surface area (Å²) in [5.74, 6) is -2.00. The highest BCUT2D eigenvalue weighted by Crippen LogP contribution is 2.37. The van der Waals surface area contributed by atoms with E-state index in [1.165, 1.54) is 11.3 Å². The summed E-state index contributed by atoms with van der Waals surface area (Å²) in [5, 5.41) is 13.9. The number of carbonyl (C=O) groups is 2. The molecule has 2 aromatic heterocycles. The lowest BCUT2D eigenvalue weighted by molar-refractivity contribution is -0.192. The number of ether oxygens (including phenoxy) is 1. The van der Waals surface area contributed by atoms with Gasteiger partial charge >= 0.3 is 12.1 Å². The van der Waals surface area contributed by atoms with Crippen molar-refractivity contribution in [3.8, 4) is 0 Å². The number of aromatic nitrogens is 2. The number of thiophene rings is 1. The molecule has 0 aromatic carbocycles. The molecular formula is C20H23F3N4O4S. The number of rotatable bonds is 4. The topological polar surface area (TPSA) is 105 Å². The Morgan fingerprint density at radius 3 is 2.66 bits per heavy atom. The molecule has 0 bridgehead atoms. The van der Waals surface area contributed by atoms with Crippen LogP contribution in [0.25, 0.3) is 0 Å². The number of alkyl halides is 3. The van der Waals surface area contributed by atoms with Crippen molar-refractivity contribution < 1.29 is 32.6 Å². The third-order valence-electron chi connectivity index (χ3n) is 5.24. The Hall–Kier alpha value is -2.73. The smallest absolute Gasteiger partial charge is 0.475 e. The van der Waals surface area contributed by atoms with E-state index in [0.29, 0.717) is 6.54 Å². The van der Waals surface area contributed by atoms with Crippen LogP contribution in [0.4, 0.5) is 19.1 Å². The molecule has 0 saturated carbocycles. The minimum atomic E-state index is -5.08. The maximum absolute atomic E-state index is 12.1. The molecule has 0 aliphatic carbocycles. The van der Waals surface area contributed by atoms with Crippen molar-refractivity contribution in [2.45, 2.75) is 43.6 Å². The molecular weight excluding hydrogens is 449 g/mol. The predicted molar refractivity (Wildman–Crippen MR) is 111 cm³/mol. The monoisotopic (exact) mass is 472 g/mol. The van der Waals surface area contributed by atoms with Gasteiger partial charge < -0.3 is 20.1 Å². The summed E-state index contributed by atoms with van der Waals surface area (Å²) < 4.78 is 38.2. The third kappa shape index (κ3) is 6.39. The van der Waals surface area contributed by atoms with Crippen LogP contribution < -0.4 is 10.2 Å². The number of nitrogens with one attached hydrogen (secondary N) is 1. The third-order valence-corrected chi connectivity index (χ3v) is 5.93. The van der Waals surface area contributed by atoms with E-state index in [9.17, 15) is 18.0 Å². The summed E-state index contributed by atoms with van der Waals surface area (Å²) in [7, 11) is 0. The Morgan fingerprint density at radius 2 is 2.03 bits per heavy atom. The van der Waals surface area contributed by atoms with Crippen LogP contribution >= 0.6 is 11.3 Å². The number of amides is 1. The molecule has 2 atom stereocenters. The van der Waals surface area contributed by atoms with Crippen molar-refractivity contribution in [1.29, 1.82) is 0 Å². The van der Waals surface area contributed by atoms with Gasteiger partial charge in [-0.3, -0.25) is 4.79 Å². The molecule has 2 aliphatic rings. The SMILES string of the molecule is O=C(NC[C@H]1CCC[C@]2(CCN(c3ncccn3)C2)O1)c1ccsc1.O=C(O)C(F)(F)F. The zero-order chi connectivity index (χ0) is 23.2. The van der Waals surface area contributed by atoms with Gasteiger partial charge in [0.15, 0.2) is 0 Å². The normalized spacial score (nSPS) is 22.8. The van der Waals surface area contributed by atoms with Crippen LogP contribution in [0.15, 0.2) is 35.3 Å². The first-order valence-electron chi connectivity index (χ1n) is 9.99. The average molecular weight is 472 g/mol.